The van der Waals surface area contributed by atoms with Crippen LogP contribution in [0.15, 0.2) is 29.9 Å². The third-order valence-corrected chi connectivity index (χ3v) is 8.69. The summed E-state index contributed by atoms with van der Waals surface area (Å²) in [7, 11) is 0. The van der Waals surface area contributed by atoms with Crippen molar-refractivity contribution in [3.05, 3.63) is 57.0 Å². The van der Waals surface area contributed by atoms with Crippen LogP contribution in [-0.2, 0) is 16.0 Å². The van der Waals surface area contributed by atoms with Gasteiger partial charge < -0.3 is 9.64 Å². The lowest BCUT2D eigenvalue weighted by atomic mass is 9.81. The maximum absolute atomic E-state index is 13.7. The highest BCUT2D eigenvalue weighted by molar-refractivity contribution is 7.10. The lowest BCUT2D eigenvalue weighted by molar-refractivity contribution is -0.142. The first kappa shape index (κ1) is 22.3. The van der Waals surface area contributed by atoms with Crippen LogP contribution >= 0.6 is 11.3 Å². The Morgan fingerprint density at radius 3 is 2.97 bits per heavy atom. The molecule has 1 aromatic carbocycles. The Hall–Kier alpha value is -3.13. The van der Waals surface area contributed by atoms with Crippen LogP contribution < -0.4 is 0 Å². The fourth-order valence-corrected chi connectivity index (χ4v) is 6.65. The van der Waals surface area contributed by atoms with Crippen molar-refractivity contribution in [1.82, 2.24) is 30.0 Å². The van der Waals surface area contributed by atoms with Gasteiger partial charge >= 0.3 is 0 Å². The van der Waals surface area contributed by atoms with E-state index < -0.39 is 0 Å². The van der Waals surface area contributed by atoms with Gasteiger partial charge in [-0.1, -0.05) is 6.07 Å². The number of hydrogen-bond donors (Lipinski definition) is 0. The molecule has 1 unspecified atom stereocenters. The van der Waals surface area contributed by atoms with Crippen molar-refractivity contribution >= 4 is 17.2 Å². The van der Waals surface area contributed by atoms with Crippen molar-refractivity contribution in [2.45, 2.75) is 44.2 Å². The molecule has 6 rings (SSSR count). The lowest BCUT2D eigenvalue weighted by Crippen LogP contribution is -2.60. The first-order valence-corrected chi connectivity index (χ1v) is 13.0. The fraction of sp³-hybridized carbons (Fsp3) is 0.480. The number of amides is 1. The Balaban J connectivity index is 1.14. The molecular formula is C25H27N7O2S. The molecule has 2 aromatic heterocycles. The molecule has 2 aliphatic heterocycles. The molecule has 2 fully saturated rings. The number of carbonyl (C=O) groups excluding carboxylic acids is 1. The Labute approximate surface area is 207 Å². The van der Waals surface area contributed by atoms with E-state index in [1.54, 1.807) is 11.0 Å². The van der Waals surface area contributed by atoms with Crippen molar-refractivity contribution in [3.8, 4) is 11.8 Å². The van der Waals surface area contributed by atoms with Crippen LogP contribution in [0.25, 0.3) is 5.69 Å². The summed E-state index contributed by atoms with van der Waals surface area (Å²) in [4.78, 5) is 18.9. The molecule has 0 N–H and O–H groups in total. The smallest absolute Gasteiger partial charge is 0.230 e. The zero-order valence-corrected chi connectivity index (χ0v) is 20.4. The predicted octanol–water partition coefficient (Wildman–Crippen LogP) is 2.61. The van der Waals surface area contributed by atoms with E-state index in [-0.39, 0.29) is 24.0 Å². The monoisotopic (exact) mass is 489 g/mol. The van der Waals surface area contributed by atoms with Gasteiger partial charge in [-0.25, -0.2) is 4.68 Å². The van der Waals surface area contributed by atoms with Gasteiger partial charge in [0.2, 0.25) is 5.91 Å². The normalized spacial score (nSPS) is 24.5. The van der Waals surface area contributed by atoms with Crippen LogP contribution in [0.3, 0.4) is 0 Å². The van der Waals surface area contributed by atoms with Crippen LogP contribution in [-0.4, -0.2) is 74.7 Å². The molecule has 3 aliphatic rings. The number of ether oxygens (including phenoxy) is 1. The summed E-state index contributed by atoms with van der Waals surface area (Å²) in [6.07, 6.45) is 4.44. The second kappa shape index (κ2) is 9.15. The minimum absolute atomic E-state index is 0.00791. The third kappa shape index (κ3) is 4.03. The quantitative estimate of drug-likeness (QED) is 0.557. The largest absolute Gasteiger partial charge is 0.370 e. The summed E-state index contributed by atoms with van der Waals surface area (Å²) in [6.45, 7) is 5.70. The number of hydrogen-bond acceptors (Lipinski definition) is 8. The maximum Gasteiger partial charge on any atom is 0.230 e. The van der Waals surface area contributed by atoms with E-state index in [9.17, 15) is 10.1 Å². The van der Waals surface area contributed by atoms with Crippen molar-refractivity contribution in [3.63, 3.8) is 0 Å². The second-order valence-corrected chi connectivity index (χ2v) is 10.5. The molecule has 0 saturated carbocycles. The van der Waals surface area contributed by atoms with Crippen LogP contribution in [0.2, 0.25) is 0 Å². The van der Waals surface area contributed by atoms with Gasteiger partial charge in [0.05, 0.1) is 30.4 Å². The minimum Gasteiger partial charge on any atom is -0.370 e. The molecule has 0 spiro atoms. The van der Waals surface area contributed by atoms with E-state index in [2.05, 4.69) is 44.0 Å². The van der Waals surface area contributed by atoms with E-state index in [0.29, 0.717) is 13.2 Å². The zero-order valence-electron chi connectivity index (χ0n) is 19.6. The van der Waals surface area contributed by atoms with Crippen molar-refractivity contribution < 1.29 is 9.53 Å². The minimum atomic E-state index is -0.0941. The van der Waals surface area contributed by atoms with Gasteiger partial charge in [0, 0.05) is 26.2 Å². The van der Waals surface area contributed by atoms with Crippen LogP contribution in [0, 0.1) is 18.3 Å². The van der Waals surface area contributed by atoms with Crippen molar-refractivity contribution in [2.75, 3.05) is 32.8 Å². The molecule has 1 aliphatic carbocycles. The van der Waals surface area contributed by atoms with Crippen LogP contribution in [0.4, 0.5) is 0 Å². The van der Waals surface area contributed by atoms with E-state index in [1.165, 1.54) is 16.9 Å². The molecule has 0 bridgehead atoms. The Morgan fingerprint density at radius 1 is 1.26 bits per heavy atom. The van der Waals surface area contributed by atoms with Gasteiger partial charge in [-0.15, -0.1) is 16.4 Å². The van der Waals surface area contributed by atoms with E-state index in [1.807, 2.05) is 17.9 Å². The number of nitrogens with zero attached hydrogens (tertiary/aromatic N) is 7. The topological polar surface area (TPSA) is 100 Å². The van der Waals surface area contributed by atoms with Crippen molar-refractivity contribution in [1.29, 1.82) is 5.26 Å². The number of tetrazole rings is 1. The average molecular weight is 490 g/mol. The molecule has 3 atom stereocenters. The van der Waals surface area contributed by atoms with Crippen molar-refractivity contribution in [2.24, 2.45) is 0 Å². The molecule has 35 heavy (non-hydrogen) atoms. The molecule has 3 aromatic rings. The third-order valence-electron chi connectivity index (χ3n) is 7.68. The Morgan fingerprint density at radius 2 is 2.17 bits per heavy atom. The number of carbonyl (C=O) groups is 1. The van der Waals surface area contributed by atoms with Gasteiger partial charge in [-0.05, 0) is 76.4 Å². The van der Waals surface area contributed by atoms with Gasteiger partial charge in [-0.2, -0.15) is 5.26 Å². The van der Waals surface area contributed by atoms with Crippen LogP contribution in [0.5, 0.6) is 0 Å². The van der Waals surface area contributed by atoms with E-state index in [4.69, 9.17) is 4.74 Å². The van der Waals surface area contributed by atoms with Crippen LogP contribution in [0.1, 0.15) is 52.0 Å². The molecule has 4 heterocycles. The molecule has 180 valence electrons. The second-order valence-electron chi connectivity index (χ2n) is 9.59. The van der Waals surface area contributed by atoms with Gasteiger partial charge in [0.25, 0.3) is 0 Å². The number of thiophene rings is 1. The molecule has 2 saturated heterocycles. The lowest BCUT2D eigenvalue weighted by Gasteiger charge is -2.47. The standard InChI is InChI=1S/C25H27N7O2S/c1-16-22(14-35-24(16)10-26)23-12-30-7-8-31(11-19(30)13-34-23)25(33)21-4-2-3-17-9-18(5-6-20(17)21)32-15-27-28-29-32/h5-6,9,14-15,19,21,23H,2-4,7-8,11-13H2,1H3/t19-,21?,23+/m0/s1. The predicted molar refractivity (Wildman–Crippen MR) is 129 cm³/mol. The SMILES string of the molecule is Cc1c([C@H]2CN3CCN(C(=O)C4CCCc5cc(-n6cnnn6)ccc54)C[C@H]3CO2)csc1C#N. The van der Waals surface area contributed by atoms with Gasteiger partial charge in [0.1, 0.15) is 17.3 Å². The number of benzene rings is 1. The summed E-state index contributed by atoms with van der Waals surface area (Å²) in [6, 6.07) is 8.68. The first-order valence-electron chi connectivity index (χ1n) is 12.1. The molecule has 1 amide bonds. The highest BCUT2D eigenvalue weighted by atomic mass is 32.1. The summed E-state index contributed by atoms with van der Waals surface area (Å²) in [5, 5.41) is 22.8. The van der Waals surface area contributed by atoms with E-state index in [0.717, 1.165) is 66.2 Å². The fourth-order valence-electron chi connectivity index (χ4n) is 5.73. The molecular weight excluding hydrogens is 462 g/mol. The first-order chi connectivity index (χ1) is 17.1. The Bertz CT molecular complexity index is 1280. The van der Waals surface area contributed by atoms with E-state index >= 15 is 0 Å². The summed E-state index contributed by atoms with van der Waals surface area (Å²) in [5.74, 6) is 0.138. The van der Waals surface area contributed by atoms with Gasteiger partial charge in [-0.3, -0.25) is 9.69 Å². The number of aromatic nitrogens is 4. The number of aryl methyl sites for hydroxylation is 1. The highest BCUT2D eigenvalue weighted by Gasteiger charge is 2.38. The molecule has 10 heteroatoms. The summed E-state index contributed by atoms with van der Waals surface area (Å²) < 4.78 is 7.90. The summed E-state index contributed by atoms with van der Waals surface area (Å²) in [5.41, 5.74) is 5.44. The number of fused-ring (bicyclic) bond motifs is 2. The number of morpholine rings is 1. The zero-order chi connectivity index (χ0) is 23.9. The number of piperazine rings is 1. The highest BCUT2D eigenvalue weighted by Crippen LogP contribution is 2.36. The number of rotatable bonds is 3. The summed E-state index contributed by atoms with van der Waals surface area (Å²) >= 11 is 1.49. The Kier molecular flexibility index (Phi) is 5.84. The maximum atomic E-state index is 13.7. The molecule has 0 radical (unpaired) electrons. The molecule has 9 nitrogen and oxygen atoms in total. The van der Waals surface area contributed by atoms with Gasteiger partial charge in [0.15, 0.2) is 0 Å². The average Bonchev–Trinajstić information content (AvgIpc) is 3.57. The number of nitriles is 1.